The lowest BCUT2D eigenvalue weighted by Crippen LogP contribution is -2.25. The molecule has 5 nitrogen and oxygen atoms in total. The number of nitrogens with zero attached hydrogens (tertiary/aromatic N) is 1. The molecule has 1 amide bonds. The molecule has 0 radical (unpaired) electrons. The van der Waals surface area contributed by atoms with Crippen LogP contribution in [0.25, 0.3) is 5.57 Å². The molecule has 2 aromatic rings. The average Bonchev–Trinajstić information content (AvgIpc) is 2.69. The number of benzene rings is 2. The molecule has 0 aliphatic carbocycles. The third kappa shape index (κ3) is 6.46. The van der Waals surface area contributed by atoms with Crippen LogP contribution in [0.1, 0.15) is 17.5 Å². The van der Waals surface area contributed by atoms with Crippen molar-refractivity contribution < 1.29 is 14.3 Å². The molecule has 0 aliphatic rings. The number of hydrogen-bond donors (Lipinski definition) is 1. The summed E-state index contributed by atoms with van der Waals surface area (Å²) in [6, 6.07) is 15.4. The molecular formula is C22H28N2O3. The van der Waals surface area contributed by atoms with Crippen molar-refractivity contribution in [1.82, 2.24) is 10.2 Å². The molecule has 27 heavy (non-hydrogen) atoms. The van der Waals surface area contributed by atoms with Crippen LogP contribution in [0, 0.1) is 0 Å². The van der Waals surface area contributed by atoms with Gasteiger partial charge in [-0.15, -0.1) is 0 Å². The molecule has 5 heteroatoms. The van der Waals surface area contributed by atoms with Crippen LogP contribution in [-0.2, 0) is 4.79 Å². The van der Waals surface area contributed by atoms with E-state index in [0.29, 0.717) is 6.54 Å². The molecule has 0 fully saturated rings. The van der Waals surface area contributed by atoms with Crippen LogP contribution in [0.3, 0.4) is 0 Å². The zero-order chi connectivity index (χ0) is 19.6. The van der Waals surface area contributed by atoms with Crippen molar-refractivity contribution in [2.24, 2.45) is 0 Å². The second-order valence-electron chi connectivity index (χ2n) is 6.46. The van der Waals surface area contributed by atoms with Gasteiger partial charge in [-0.05, 0) is 68.0 Å². The Morgan fingerprint density at radius 1 is 0.926 bits per heavy atom. The zero-order valence-corrected chi connectivity index (χ0v) is 16.5. The van der Waals surface area contributed by atoms with Crippen molar-refractivity contribution in [3.8, 4) is 11.5 Å². The van der Waals surface area contributed by atoms with Crippen molar-refractivity contribution >= 4 is 11.5 Å². The number of methoxy groups -OCH3 is 2. The van der Waals surface area contributed by atoms with Crippen molar-refractivity contribution in [3.05, 3.63) is 65.7 Å². The van der Waals surface area contributed by atoms with Crippen LogP contribution in [0.2, 0.25) is 0 Å². The molecule has 2 aromatic carbocycles. The van der Waals surface area contributed by atoms with E-state index in [1.807, 2.05) is 62.6 Å². The maximum Gasteiger partial charge on any atom is 0.244 e. The summed E-state index contributed by atoms with van der Waals surface area (Å²) in [5.74, 6) is 1.46. The van der Waals surface area contributed by atoms with E-state index in [4.69, 9.17) is 9.47 Å². The van der Waals surface area contributed by atoms with Crippen molar-refractivity contribution in [2.45, 2.75) is 6.42 Å². The lowest BCUT2D eigenvalue weighted by atomic mass is 9.97. The smallest absolute Gasteiger partial charge is 0.244 e. The van der Waals surface area contributed by atoms with Crippen LogP contribution in [0.4, 0.5) is 0 Å². The molecule has 0 saturated heterocycles. The maximum atomic E-state index is 12.4. The van der Waals surface area contributed by atoms with E-state index in [1.54, 1.807) is 20.3 Å². The highest BCUT2D eigenvalue weighted by Crippen LogP contribution is 2.26. The van der Waals surface area contributed by atoms with Crippen molar-refractivity contribution in [1.29, 1.82) is 0 Å². The Bertz CT molecular complexity index is 701. The summed E-state index contributed by atoms with van der Waals surface area (Å²) in [6.45, 7) is 1.58. The van der Waals surface area contributed by atoms with Gasteiger partial charge in [0.05, 0.1) is 14.2 Å². The summed E-state index contributed by atoms with van der Waals surface area (Å²) in [5, 5.41) is 2.96. The summed E-state index contributed by atoms with van der Waals surface area (Å²) in [6.07, 6.45) is 2.56. The first-order chi connectivity index (χ1) is 13.0. The van der Waals surface area contributed by atoms with Gasteiger partial charge in [0.1, 0.15) is 11.5 Å². The third-order valence-corrected chi connectivity index (χ3v) is 4.16. The quantitative estimate of drug-likeness (QED) is 0.545. The molecule has 0 spiro atoms. The summed E-state index contributed by atoms with van der Waals surface area (Å²) < 4.78 is 10.5. The van der Waals surface area contributed by atoms with Gasteiger partial charge in [0, 0.05) is 12.6 Å². The minimum absolute atomic E-state index is 0.101. The van der Waals surface area contributed by atoms with Crippen molar-refractivity contribution in [2.75, 3.05) is 41.4 Å². The Kier molecular flexibility index (Phi) is 7.89. The maximum absolute atomic E-state index is 12.4. The number of carbonyl (C=O) groups excluding carboxylic acids is 1. The normalized spacial score (nSPS) is 10.4. The van der Waals surface area contributed by atoms with E-state index >= 15 is 0 Å². The molecule has 0 heterocycles. The molecule has 0 aromatic heterocycles. The Hall–Kier alpha value is -2.79. The first-order valence-corrected chi connectivity index (χ1v) is 8.96. The number of rotatable bonds is 9. The Morgan fingerprint density at radius 3 is 1.81 bits per heavy atom. The minimum atomic E-state index is -0.101. The number of hydrogen-bond acceptors (Lipinski definition) is 4. The number of ether oxygens (including phenoxy) is 2. The van der Waals surface area contributed by atoms with E-state index in [-0.39, 0.29) is 5.91 Å². The minimum Gasteiger partial charge on any atom is -0.497 e. The van der Waals surface area contributed by atoms with Crippen molar-refractivity contribution in [3.63, 3.8) is 0 Å². The fraction of sp³-hybridized carbons (Fsp3) is 0.318. The van der Waals surface area contributed by atoms with E-state index in [1.165, 1.54) is 0 Å². The lowest BCUT2D eigenvalue weighted by molar-refractivity contribution is -0.116. The van der Waals surface area contributed by atoms with Gasteiger partial charge in [-0.1, -0.05) is 24.3 Å². The van der Waals surface area contributed by atoms with Gasteiger partial charge in [-0.3, -0.25) is 4.79 Å². The highest BCUT2D eigenvalue weighted by atomic mass is 16.5. The fourth-order valence-corrected chi connectivity index (χ4v) is 2.66. The largest absolute Gasteiger partial charge is 0.497 e. The molecule has 144 valence electrons. The van der Waals surface area contributed by atoms with Gasteiger partial charge in [0.2, 0.25) is 5.91 Å². The number of amides is 1. The summed E-state index contributed by atoms with van der Waals surface area (Å²) >= 11 is 0. The lowest BCUT2D eigenvalue weighted by Gasteiger charge is -2.12. The molecular weight excluding hydrogens is 340 g/mol. The predicted octanol–water partition coefficient (Wildman–Crippen LogP) is 3.20. The van der Waals surface area contributed by atoms with Crippen LogP contribution < -0.4 is 14.8 Å². The standard InChI is InChI=1S/C22H28N2O3/c1-24(2)15-5-14-23-22(25)16-21(17-6-10-19(26-3)11-7-17)18-8-12-20(27-4)13-9-18/h6-13,16H,5,14-15H2,1-4H3,(H,23,25). The zero-order valence-electron chi connectivity index (χ0n) is 16.5. The van der Waals surface area contributed by atoms with Crippen LogP contribution in [0.5, 0.6) is 11.5 Å². The summed E-state index contributed by atoms with van der Waals surface area (Å²) in [5.41, 5.74) is 2.75. The van der Waals surface area contributed by atoms with E-state index in [9.17, 15) is 4.79 Å². The van der Waals surface area contributed by atoms with Gasteiger partial charge >= 0.3 is 0 Å². The molecule has 0 aliphatic heterocycles. The van der Waals surface area contributed by atoms with Crippen LogP contribution in [-0.4, -0.2) is 52.2 Å². The molecule has 0 unspecified atom stereocenters. The Morgan fingerprint density at radius 2 is 1.41 bits per heavy atom. The van der Waals surface area contributed by atoms with Gasteiger partial charge in [-0.25, -0.2) is 0 Å². The van der Waals surface area contributed by atoms with E-state index < -0.39 is 0 Å². The second kappa shape index (κ2) is 10.4. The van der Waals surface area contributed by atoms with E-state index in [0.717, 1.165) is 41.2 Å². The average molecular weight is 368 g/mol. The Balaban J connectivity index is 2.23. The monoisotopic (exact) mass is 368 g/mol. The highest BCUT2D eigenvalue weighted by Gasteiger charge is 2.09. The number of carbonyl (C=O) groups is 1. The molecule has 1 N–H and O–H groups in total. The highest BCUT2D eigenvalue weighted by molar-refractivity contribution is 5.99. The summed E-state index contributed by atoms with van der Waals surface area (Å²) in [7, 11) is 7.31. The molecule has 0 bridgehead atoms. The van der Waals surface area contributed by atoms with E-state index in [2.05, 4.69) is 10.2 Å². The van der Waals surface area contributed by atoms with Crippen LogP contribution >= 0.6 is 0 Å². The first-order valence-electron chi connectivity index (χ1n) is 8.96. The molecule has 2 rings (SSSR count). The third-order valence-electron chi connectivity index (χ3n) is 4.16. The van der Waals surface area contributed by atoms with Gasteiger partial charge in [0.25, 0.3) is 0 Å². The molecule has 0 atom stereocenters. The van der Waals surface area contributed by atoms with Gasteiger partial charge < -0.3 is 19.7 Å². The van der Waals surface area contributed by atoms with Gasteiger partial charge in [-0.2, -0.15) is 0 Å². The predicted molar refractivity (Wildman–Crippen MR) is 109 cm³/mol. The summed E-state index contributed by atoms with van der Waals surface area (Å²) in [4.78, 5) is 14.5. The molecule has 0 saturated carbocycles. The number of nitrogens with one attached hydrogen (secondary N) is 1. The topological polar surface area (TPSA) is 50.8 Å². The second-order valence-corrected chi connectivity index (χ2v) is 6.46. The van der Waals surface area contributed by atoms with Crippen LogP contribution in [0.15, 0.2) is 54.6 Å². The Labute approximate surface area is 161 Å². The first kappa shape index (κ1) is 20.5. The fourth-order valence-electron chi connectivity index (χ4n) is 2.66. The SMILES string of the molecule is COc1ccc(C(=CC(=O)NCCCN(C)C)c2ccc(OC)cc2)cc1. The van der Waals surface area contributed by atoms with Gasteiger partial charge in [0.15, 0.2) is 0 Å².